The molecule has 4 rings (SSSR count). The van der Waals surface area contributed by atoms with Crippen LogP contribution in [0.1, 0.15) is 27.4 Å². The van der Waals surface area contributed by atoms with Crippen molar-refractivity contribution in [2.75, 3.05) is 10.6 Å². The average Bonchev–Trinajstić information content (AvgIpc) is 2.82. The summed E-state index contributed by atoms with van der Waals surface area (Å²) in [6.07, 6.45) is 3.13. The van der Waals surface area contributed by atoms with Gasteiger partial charge in [0, 0.05) is 23.8 Å². The molecule has 1 aromatic heterocycles. The van der Waals surface area contributed by atoms with Crippen molar-refractivity contribution in [3.05, 3.63) is 126 Å². The molecule has 0 saturated heterocycles. The molecule has 0 fully saturated rings. The highest BCUT2D eigenvalue weighted by atomic mass is 16.2. The van der Waals surface area contributed by atoms with Gasteiger partial charge >= 0.3 is 0 Å². The average molecular weight is 407 g/mol. The molecule has 0 atom stereocenters. The molecule has 0 spiro atoms. The number of hydrogen-bond acceptors (Lipinski definition) is 3. The maximum absolute atomic E-state index is 13.2. The first kappa shape index (κ1) is 20.0. The first-order valence-electron chi connectivity index (χ1n) is 9.93. The molecule has 5 nitrogen and oxygen atoms in total. The lowest BCUT2D eigenvalue weighted by atomic mass is 9.90. The second kappa shape index (κ2) is 9.50. The number of carbonyl (C=O) groups excluding carboxylic acids is 2. The van der Waals surface area contributed by atoms with Gasteiger partial charge in [0.05, 0.1) is 11.5 Å². The number of carbonyl (C=O) groups is 2. The van der Waals surface area contributed by atoms with E-state index >= 15 is 0 Å². The van der Waals surface area contributed by atoms with Crippen LogP contribution in [0, 0.1) is 0 Å². The van der Waals surface area contributed by atoms with Gasteiger partial charge in [0.2, 0.25) is 5.91 Å². The van der Waals surface area contributed by atoms with Crippen molar-refractivity contribution in [1.82, 2.24) is 4.98 Å². The Morgan fingerprint density at radius 3 is 1.71 bits per heavy atom. The Labute approximate surface area is 180 Å². The normalized spacial score (nSPS) is 10.5. The summed E-state index contributed by atoms with van der Waals surface area (Å²) in [6, 6.07) is 29.8. The molecule has 0 bridgehead atoms. The second-order valence-electron chi connectivity index (χ2n) is 7.02. The maximum Gasteiger partial charge on any atom is 0.257 e. The van der Waals surface area contributed by atoms with Crippen LogP contribution in [0.4, 0.5) is 11.4 Å². The van der Waals surface area contributed by atoms with Gasteiger partial charge in [0.25, 0.3) is 5.91 Å². The van der Waals surface area contributed by atoms with Crippen molar-refractivity contribution >= 4 is 23.2 Å². The van der Waals surface area contributed by atoms with E-state index in [1.54, 1.807) is 42.6 Å². The Hall–Kier alpha value is -4.25. The van der Waals surface area contributed by atoms with Crippen LogP contribution in [0.15, 0.2) is 109 Å². The topological polar surface area (TPSA) is 71.1 Å². The SMILES string of the molecule is O=C(Nc1ccc(NC(=O)C(c2ccccc2)c2ccccc2)cc1)c1cccnc1. The highest BCUT2D eigenvalue weighted by molar-refractivity contribution is 6.04. The van der Waals surface area contributed by atoms with Gasteiger partial charge < -0.3 is 10.6 Å². The maximum atomic E-state index is 13.2. The van der Waals surface area contributed by atoms with E-state index in [1.807, 2.05) is 60.7 Å². The Morgan fingerprint density at radius 1 is 0.645 bits per heavy atom. The van der Waals surface area contributed by atoms with Crippen molar-refractivity contribution in [2.45, 2.75) is 5.92 Å². The van der Waals surface area contributed by atoms with Crippen LogP contribution >= 0.6 is 0 Å². The summed E-state index contributed by atoms with van der Waals surface area (Å²) in [4.78, 5) is 29.4. The first-order valence-corrected chi connectivity index (χ1v) is 9.93. The van der Waals surface area contributed by atoms with E-state index in [2.05, 4.69) is 15.6 Å². The zero-order chi connectivity index (χ0) is 21.5. The Bertz CT molecular complexity index is 1110. The minimum atomic E-state index is -0.424. The van der Waals surface area contributed by atoms with Gasteiger partial charge in [-0.3, -0.25) is 14.6 Å². The molecule has 2 N–H and O–H groups in total. The number of aromatic nitrogens is 1. The molecule has 0 aliphatic carbocycles. The van der Waals surface area contributed by atoms with Gasteiger partial charge in [0.15, 0.2) is 0 Å². The fourth-order valence-corrected chi connectivity index (χ4v) is 3.34. The Morgan fingerprint density at radius 2 is 1.19 bits per heavy atom. The smallest absolute Gasteiger partial charge is 0.257 e. The van der Waals surface area contributed by atoms with E-state index in [0.29, 0.717) is 16.9 Å². The fraction of sp³-hybridized carbons (Fsp3) is 0.0385. The van der Waals surface area contributed by atoms with E-state index < -0.39 is 5.92 Å². The van der Waals surface area contributed by atoms with Gasteiger partial charge in [-0.05, 0) is 47.5 Å². The molecular formula is C26H21N3O2. The van der Waals surface area contributed by atoms with E-state index in [9.17, 15) is 9.59 Å². The molecule has 152 valence electrons. The van der Waals surface area contributed by atoms with Gasteiger partial charge in [-0.2, -0.15) is 0 Å². The summed E-state index contributed by atoms with van der Waals surface area (Å²) in [7, 11) is 0. The predicted molar refractivity (Wildman–Crippen MR) is 122 cm³/mol. The summed E-state index contributed by atoms with van der Waals surface area (Å²) in [5, 5.41) is 5.81. The summed E-state index contributed by atoms with van der Waals surface area (Å²) in [6.45, 7) is 0. The number of hydrogen-bond donors (Lipinski definition) is 2. The molecule has 0 unspecified atom stereocenters. The number of amides is 2. The Balaban J connectivity index is 1.48. The molecule has 31 heavy (non-hydrogen) atoms. The molecule has 3 aromatic carbocycles. The summed E-state index contributed by atoms with van der Waals surface area (Å²) in [5.74, 6) is -0.782. The molecular weight excluding hydrogens is 386 g/mol. The van der Waals surface area contributed by atoms with Crippen LogP contribution in [-0.2, 0) is 4.79 Å². The molecule has 0 aliphatic rings. The molecule has 1 heterocycles. The number of benzene rings is 3. The van der Waals surface area contributed by atoms with Crippen LogP contribution < -0.4 is 10.6 Å². The molecule has 5 heteroatoms. The predicted octanol–water partition coefficient (Wildman–Crippen LogP) is 5.10. The number of nitrogens with zero attached hydrogens (tertiary/aromatic N) is 1. The molecule has 0 radical (unpaired) electrons. The second-order valence-corrected chi connectivity index (χ2v) is 7.02. The minimum Gasteiger partial charge on any atom is -0.325 e. The third kappa shape index (κ3) is 5.03. The largest absolute Gasteiger partial charge is 0.325 e. The van der Waals surface area contributed by atoms with E-state index in [4.69, 9.17) is 0 Å². The van der Waals surface area contributed by atoms with Gasteiger partial charge in [-0.25, -0.2) is 0 Å². The lowest BCUT2D eigenvalue weighted by molar-refractivity contribution is -0.116. The van der Waals surface area contributed by atoms with Crippen molar-refractivity contribution in [2.24, 2.45) is 0 Å². The zero-order valence-electron chi connectivity index (χ0n) is 16.7. The van der Waals surface area contributed by atoms with Crippen molar-refractivity contribution < 1.29 is 9.59 Å². The van der Waals surface area contributed by atoms with Crippen LogP contribution in [-0.4, -0.2) is 16.8 Å². The van der Waals surface area contributed by atoms with Gasteiger partial charge in [0.1, 0.15) is 0 Å². The quantitative estimate of drug-likeness (QED) is 0.467. The van der Waals surface area contributed by atoms with Crippen molar-refractivity contribution in [3.8, 4) is 0 Å². The zero-order valence-corrected chi connectivity index (χ0v) is 16.7. The first-order chi connectivity index (χ1) is 15.2. The third-order valence-corrected chi connectivity index (χ3v) is 4.86. The minimum absolute atomic E-state index is 0.121. The van der Waals surface area contributed by atoms with E-state index in [1.165, 1.54) is 6.20 Å². The number of rotatable bonds is 6. The molecule has 0 aliphatic heterocycles. The van der Waals surface area contributed by atoms with Crippen molar-refractivity contribution in [3.63, 3.8) is 0 Å². The summed E-state index contributed by atoms with van der Waals surface area (Å²) in [5.41, 5.74) is 3.61. The highest BCUT2D eigenvalue weighted by Crippen LogP contribution is 2.26. The van der Waals surface area contributed by atoms with E-state index in [0.717, 1.165) is 11.1 Å². The number of anilines is 2. The van der Waals surface area contributed by atoms with Gasteiger partial charge in [-0.1, -0.05) is 60.7 Å². The van der Waals surface area contributed by atoms with Crippen LogP contribution in [0.2, 0.25) is 0 Å². The standard InChI is InChI=1S/C26H21N3O2/c30-25(21-12-7-17-27-18-21)28-22-13-15-23(16-14-22)29-26(31)24(19-8-3-1-4-9-19)20-10-5-2-6-11-20/h1-18,24H,(H,28,30)(H,29,31). The van der Waals surface area contributed by atoms with Crippen LogP contribution in [0.5, 0.6) is 0 Å². The molecule has 0 saturated carbocycles. The van der Waals surface area contributed by atoms with Crippen LogP contribution in [0.3, 0.4) is 0 Å². The van der Waals surface area contributed by atoms with Crippen molar-refractivity contribution in [1.29, 1.82) is 0 Å². The van der Waals surface area contributed by atoms with Gasteiger partial charge in [-0.15, -0.1) is 0 Å². The number of pyridine rings is 1. The molecule has 2 amide bonds. The third-order valence-electron chi connectivity index (χ3n) is 4.86. The fourth-order valence-electron chi connectivity index (χ4n) is 3.34. The summed E-state index contributed by atoms with van der Waals surface area (Å²) < 4.78 is 0. The Kier molecular flexibility index (Phi) is 6.14. The number of nitrogens with one attached hydrogen (secondary N) is 2. The lowest BCUT2D eigenvalue weighted by Crippen LogP contribution is -2.22. The molecule has 4 aromatic rings. The monoisotopic (exact) mass is 407 g/mol. The van der Waals surface area contributed by atoms with Crippen LogP contribution in [0.25, 0.3) is 0 Å². The van der Waals surface area contributed by atoms with E-state index in [-0.39, 0.29) is 11.8 Å². The summed E-state index contributed by atoms with van der Waals surface area (Å²) >= 11 is 0. The lowest BCUT2D eigenvalue weighted by Gasteiger charge is -2.18. The highest BCUT2D eigenvalue weighted by Gasteiger charge is 2.22.